The molecule has 1 N–H and O–H groups in total. The summed E-state index contributed by atoms with van der Waals surface area (Å²) < 4.78 is 11.4. The van der Waals surface area contributed by atoms with Crippen molar-refractivity contribution >= 4 is 31.3 Å². The monoisotopic (exact) mass is 532 g/mol. The molecular formula is C32H44N2O3Si. The molecule has 0 amide bonds. The number of nitrogens with zero attached hydrogens (tertiary/aromatic N) is 1. The van der Waals surface area contributed by atoms with Crippen molar-refractivity contribution in [3.63, 3.8) is 0 Å². The van der Waals surface area contributed by atoms with E-state index in [1.165, 1.54) is 40.8 Å². The fourth-order valence-corrected chi connectivity index (χ4v) is 6.22. The number of aromatic amines is 1. The minimum absolute atomic E-state index is 0.202. The maximum absolute atomic E-state index is 11.6. The van der Waals surface area contributed by atoms with Crippen LogP contribution < -0.4 is 0 Å². The van der Waals surface area contributed by atoms with Crippen molar-refractivity contribution in [2.75, 3.05) is 26.8 Å². The van der Waals surface area contributed by atoms with Crippen LogP contribution in [0, 0.1) is 0 Å². The van der Waals surface area contributed by atoms with E-state index in [9.17, 15) is 4.79 Å². The average Bonchev–Trinajstić information content (AvgIpc) is 3.31. The van der Waals surface area contributed by atoms with Crippen molar-refractivity contribution in [2.24, 2.45) is 0 Å². The number of nitrogens with one attached hydrogen (secondary N) is 1. The number of esters is 1. The van der Waals surface area contributed by atoms with Crippen LogP contribution in [0.5, 0.6) is 0 Å². The molecule has 0 bridgehead atoms. The predicted octanol–water partition coefficient (Wildman–Crippen LogP) is 7.30. The van der Waals surface area contributed by atoms with Crippen LogP contribution in [0.25, 0.3) is 17.0 Å². The van der Waals surface area contributed by atoms with E-state index in [1.54, 1.807) is 0 Å². The van der Waals surface area contributed by atoms with E-state index >= 15 is 0 Å². The molecule has 1 unspecified atom stereocenters. The molecule has 1 heterocycles. The molecule has 0 saturated heterocycles. The van der Waals surface area contributed by atoms with E-state index in [-0.39, 0.29) is 11.0 Å². The van der Waals surface area contributed by atoms with E-state index in [1.807, 2.05) is 6.08 Å². The number of rotatable bonds is 10. The van der Waals surface area contributed by atoms with Crippen LogP contribution in [0.3, 0.4) is 0 Å². The van der Waals surface area contributed by atoms with Crippen LogP contribution >= 0.6 is 0 Å². The average molecular weight is 533 g/mol. The number of methoxy groups -OCH3 is 1. The summed E-state index contributed by atoms with van der Waals surface area (Å²) in [5, 5.41) is 1.52. The van der Waals surface area contributed by atoms with Crippen molar-refractivity contribution < 1.29 is 14.0 Å². The summed E-state index contributed by atoms with van der Waals surface area (Å²) in [6, 6.07) is 15.6. The molecule has 38 heavy (non-hydrogen) atoms. The van der Waals surface area contributed by atoms with Gasteiger partial charge in [-0.1, -0.05) is 57.2 Å². The Morgan fingerprint density at radius 3 is 2.71 bits per heavy atom. The summed E-state index contributed by atoms with van der Waals surface area (Å²) in [7, 11) is -0.405. The molecule has 1 atom stereocenters. The van der Waals surface area contributed by atoms with Gasteiger partial charge in [0.05, 0.1) is 7.11 Å². The number of hydrogen-bond acceptors (Lipinski definition) is 4. The number of benzene rings is 2. The Morgan fingerprint density at radius 2 is 1.95 bits per heavy atom. The van der Waals surface area contributed by atoms with Gasteiger partial charge in [0.25, 0.3) is 0 Å². The number of aryl methyl sites for hydroxylation is 1. The molecule has 6 heteroatoms. The SMILES string of the molecule is COC(=O)C=Cc1ccc2c(c1)CCCC2N(CCO[Si](C)(C)C(C)(C)C)CCc1c[nH]c2ccccc12. The summed E-state index contributed by atoms with van der Waals surface area (Å²) in [4.78, 5) is 17.7. The Balaban J connectivity index is 1.55. The van der Waals surface area contributed by atoms with Crippen LogP contribution in [0.2, 0.25) is 18.1 Å². The number of ether oxygens (including phenoxy) is 1. The van der Waals surface area contributed by atoms with Gasteiger partial charge < -0.3 is 14.1 Å². The molecule has 4 rings (SSSR count). The second-order valence-electron chi connectivity index (χ2n) is 12.0. The summed E-state index contributed by atoms with van der Waals surface area (Å²) in [5.74, 6) is -0.328. The smallest absolute Gasteiger partial charge is 0.330 e. The number of carbonyl (C=O) groups excluding carboxylic acids is 1. The summed E-state index contributed by atoms with van der Waals surface area (Å²) in [6.07, 6.45) is 9.89. The molecule has 0 radical (unpaired) electrons. The van der Waals surface area contributed by atoms with Crippen LogP contribution in [0.4, 0.5) is 0 Å². The topological polar surface area (TPSA) is 54.6 Å². The van der Waals surface area contributed by atoms with Crippen molar-refractivity contribution in [3.8, 4) is 0 Å². The van der Waals surface area contributed by atoms with Crippen molar-refractivity contribution in [2.45, 2.75) is 70.6 Å². The molecule has 0 fully saturated rings. The van der Waals surface area contributed by atoms with Gasteiger partial charge in [0.2, 0.25) is 0 Å². The van der Waals surface area contributed by atoms with Gasteiger partial charge >= 0.3 is 5.97 Å². The van der Waals surface area contributed by atoms with Crippen molar-refractivity contribution in [1.29, 1.82) is 0 Å². The van der Waals surface area contributed by atoms with Gasteiger partial charge in [0.15, 0.2) is 8.32 Å². The summed E-state index contributed by atoms with van der Waals surface area (Å²) in [6.45, 7) is 14.2. The zero-order valence-corrected chi connectivity index (χ0v) is 25.0. The lowest BCUT2D eigenvalue weighted by Crippen LogP contribution is -2.43. The lowest BCUT2D eigenvalue weighted by Gasteiger charge is -2.39. The van der Waals surface area contributed by atoms with Gasteiger partial charge in [0.1, 0.15) is 0 Å². The third kappa shape index (κ3) is 6.66. The van der Waals surface area contributed by atoms with Crippen LogP contribution in [-0.2, 0) is 26.8 Å². The number of fused-ring (bicyclic) bond motifs is 2. The minimum atomic E-state index is -1.81. The molecule has 1 aliphatic carbocycles. The fraction of sp³-hybridized carbons (Fsp3) is 0.469. The standard InChI is InChI=1S/C32H44N2O3Si/c1-32(2,3)38(5,6)37-21-20-34(19-18-26-23-33-29-12-8-7-11-27(26)29)30-13-9-10-25-22-24(14-16-28(25)30)15-17-31(35)36-4/h7-8,11-12,14-17,22-23,30,33H,9-10,13,18-21H2,1-6H3. The third-order valence-corrected chi connectivity index (χ3v) is 13.0. The molecule has 3 aromatic rings. The Morgan fingerprint density at radius 1 is 1.16 bits per heavy atom. The van der Waals surface area contributed by atoms with E-state index in [0.717, 1.165) is 50.9 Å². The van der Waals surface area contributed by atoms with Gasteiger partial charge in [-0.05, 0) is 78.2 Å². The summed E-state index contributed by atoms with van der Waals surface area (Å²) in [5.41, 5.74) is 6.41. The molecule has 5 nitrogen and oxygen atoms in total. The van der Waals surface area contributed by atoms with Gasteiger partial charge in [-0.3, -0.25) is 4.90 Å². The first-order chi connectivity index (χ1) is 18.1. The third-order valence-electron chi connectivity index (χ3n) is 8.49. The molecule has 1 aliphatic rings. The zero-order chi connectivity index (χ0) is 27.3. The van der Waals surface area contributed by atoms with Gasteiger partial charge in [-0.25, -0.2) is 4.79 Å². The highest BCUT2D eigenvalue weighted by Crippen LogP contribution is 2.38. The van der Waals surface area contributed by atoms with Crippen LogP contribution in [-0.4, -0.2) is 51.0 Å². The Kier molecular flexibility index (Phi) is 8.96. The Hall–Kier alpha value is -2.67. The van der Waals surface area contributed by atoms with Crippen molar-refractivity contribution in [3.05, 3.63) is 77.0 Å². The largest absolute Gasteiger partial charge is 0.466 e. The minimum Gasteiger partial charge on any atom is -0.466 e. The Labute approximate surface area is 229 Å². The predicted molar refractivity (Wildman–Crippen MR) is 160 cm³/mol. The first kappa shape index (κ1) is 28.3. The molecule has 0 saturated carbocycles. The Bertz CT molecular complexity index is 1270. The maximum atomic E-state index is 11.6. The van der Waals surface area contributed by atoms with Gasteiger partial charge in [-0.15, -0.1) is 0 Å². The number of hydrogen-bond donors (Lipinski definition) is 1. The number of H-pyrrole nitrogens is 1. The van der Waals surface area contributed by atoms with E-state index < -0.39 is 8.32 Å². The normalized spacial score (nSPS) is 16.3. The van der Waals surface area contributed by atoms with E-state index in [0.29, 0.717) is 6.04 Å². The summed E-state index contributed by atoms with van der Waals surface area (Å²) >= 11 is 0. The number of aromatic nitrogens is 1. The molecule has 0 aliphatic heterocycles. The highest BCUT2D eigenvalue weighted by molar-refractivity contribution is 6.74. The second kappa shape index (κ2) is 12.0. The lowest BCUT2D eigenvalue weighted by molar-refractivity contribution is -0.134. The zero-order valence-electron chi connectivity index (χ0n) is 24.0. The first-order valence-corrected chi connectivity index (χ1v) is 16.8. The molecule has 2 aromatic carbocycles. The molecular weight excluding hydrogens is 488 g/mol. The molecule has 204 valence electrons. The quantitative estimate of drug-likeness (QED) is 0.169. The second-order valence-corrected chi connectivity index (χ2v) is 16.8. The van der Waals surface area contributed by atoms with Crippen molar-refractivity contribution in [1.82, 2.24) is 9.88 Å². The first-order valence-electron chi connectivity index (χ1n) is 13.9. The molecule has 1 aromatic heterocycles. The van der Waals surface area contributed by atoms with E-state index in [2.05, 4.69) is 92.4 Å². The number of carbonyl (C=O) groups is 1. The van der Waals surface area contributed by atoms with Crippen LogP contribution in [0.15, 0.2) is 54.7 Å². The highest BCUT2D eigenvalue weighted by Gasteiger charge is 2.37. The van der Waals surface area contributed by atoms with Gasteiger partial charge in [0, 0.05) is 48.9 Å². The van der Waals surface area contributed by atoms with E-state index in [4.69, 9.17) is 9.16 Å². The number of para-hydroxylation sites is 1. The van der Waals surface area contributed by atoms with Crippen LogP contribution in [0.1, 0.15) is 61.9 Å². The molecule has 0 spiro atoms. The van der Waals surface area contributed by atoms with Gasteiger partial charge in [-0.2, -0.15) is 0 Å². The maximum Gasteiger partial charge on any atom is 0.330 e. The highest BCUT2D eigenvalue weighted by atomic mass is 28.4. The fourth-order valence-electron chi connectivity index (χ4n) is 5.18. The lowest BCUT2D eigenvalue weighted by atomic mass is 9.85.